The van der Waals surface area contributed by atoms with E-state index >= 15 is 0 Å². The predicted octanol–water partition coefficient (Wildman–Crippen LogP) is 4.66. The van der Waals surface area contributed by atoms with Gasteiger partial charge in [-0.25, -0.2) is 0 Å². The smallest absolute Gasteiger partial charge is 0.310 e. The van der Waals surface area contributed by atoms with E-state index in [9.17, 15) is 4.79 Å². The van der Waals surface area contributed by atoms with Gasteiger partial charge in [0.05, 0.1) is 11.4 Å². The predicted molar refractivity (Wildman–Crippen MR) is 87.5 cm³/mol. The Balaban J connectivity index is 1.65. The molecular formula is C16H11Cl3O4. The zero-order valence-electron chi connectivity index (χ0n) is 11.8. The van der Waals surface area contributed by atoms with Gasteiger partial charge >= 0.3 is 5.97 Å². The second-order valence-electron chi connectivity index (χ2n) is 4.85. The van der Waals surface area contributed by atoms with Crippen LogP contribution in [0.25, 0.3) is 0 Å². The van der Waals surface area contributed by atoms with Crippen molar-refractivity contribution in [2.45, 2.75) is 13.0 Å². The van der Waals surface area contributed by atoms with Gasteiger partial charge in [0.1, 0.15) is 6.61 Å². The Morgan fingerprint density at radius 2 is 1.83 bits per heavy atom. The number of hydrogen-bond acceptors (Lipinski definition) is 4. The molecule has 7 heteroatoms. The fourth-order valence-electron chi connectivity index (χ4n) is 2.16. The van der Waals surface area contributed by atoms with Crippen molar-refractivity contribution in [2.75, 3.05) is 6.79 Å². The zero-order valence-corrected chi connectivity index (χ0v) is 14.0. The molecule has 0 atom stereocenters. The first-order valence-corrected chi connectivity index (χ1v) is 7.84. The van der Waals surface area contributed by atoms with Gasteiger partial charge in [0.25, 0.3) is 0 Å². The number of esters is 1. The van der Waals surface area contributed by atoms with E-state index in [-0.39, 0.29) is 19.8 Å². The third-order valence-corrected chi connectivity index (χ3v) is 4.26. The van der Waals surface area contributed by atoms with Crippen LogP contribution in [-0.2, 0) is 22.6 Å². The molecule has 2 aromatic carbocycles. The molecule has 0 saturated carbocycles. The van der Waals surface area contributed by atoms with Crippen LogP contribution < -0.4 is 9.47 Å². The number of carbonyl (C=O) groups excluding carboxylic acids is 1. The lowest BCUT2D eigenvalue weighted by atomic mass is 10.1. The first-order valence-electron chi connectivity index (χ1n) is 6.71. The average molecular weight is 374 g/mol. The Bertz CT molecular complexity index is 741. The number of hydrogen-bond donors (Lipinski definition) is 0. The number of halogens is 3. The summed E-state index contributed by atoms with van der Waals surface area (Å²) in [4.78, 5) is 12.0. The van der Waals surface area contributed by atoms with E-state index in [0.29, 0.717) is 37.7 Å². The molecule has 0 spiro atoms. The van der Waals surface area contributed by atoms with Crippen molar-refractivity contribution in [1.82, 2.24) is 0 Å². The summed E-state index contributed by atoms with van der Waals surface area (Å²) < 4.78 is 15.7. The number of carbonyl (C=O) groups is 1. The average Bonchev–Trinajstić information content (AvgIpc) is 2.98. The summed E-state index contributed by atoms with van der Waals surface area (Å²) in [6.45, 7) is 0.195. The highest BCUT2D eigenvalue weighted by molar-refractivity contribution is 6.36. The molecule has 0 fully saturated rings. The van der Waals surface area contributed by atoms with Crippen LogP contribution >= 0.6 is 34.8 Å². The van der Waals surface area contributed by atoms with Gasteiger partial charge in [0.15, 0.2) is 11.5 Å². The summed E-state index contributed by atoms with van der Waals surface area (Å²) in [5.74, 6) is 0.607. The molecule has 0 unspecified atom stereocenters. The SMILES string of the molecule is O=C(Cc1c(Cl)cccc1Cl)OCc1cc(Cl)c2c(c1)OCO2. The number of rotatable bonds is 4. The molecule has 0 aromatic heterocycles. The molecule has 0 radical (unpaired) electrons. The summed E-state index contributed by atoms with van der Waals surface area (Å²) in [5, 5.41) is 1.28. The van der Waals surface area contributed by atoms with Crippen LogP contribution in [-0.4, -0.2) is 12.8 Å². The van der Waals surface area contributed by atoms with Crippen LogP contribution in [0.15, 0.2) is 30.3 Å². The van der Waals surface area contributed by atoms with E-state index in [0.717, 1.165) is 0 Å². The Morgan fingerprint density at radius 1 is 1.09 bits per heavy atom. The molecule has 1 aliphatic rings. The highest BCUT2D eigenvalue weighted by atomic mass is 35.5. The minimum Gasteiger partial charge on any atom is -0.461 e. The van der Waals surface area contributed by atoms with Crippen LogP contribution in [0.1, 0.15) is 11.1 Å². The van der Waals surface area contributed by atoms with Crippen LogP contribution in [0.4, 0.5) is 0 Å². The number of ether oxygens (including phenoxy) is 3. The molecule has 23 heavy (non-hydrogen) atoms. The third-order valence-electron chi connectivity index (χ3n) is 3.27. The van der Waals surface area contributed by atoms with E-state index in [1.807, 2.05) is 0 Å². The van der Waals surface area contributed by atoms with Gasteiger partial charge in [-0.3, -0.25) is 4.79 Å². The Hall–Kier alpha value is -1.62. The standard InChI is InChI=1S/C16H11Cl3O4/c17-11-2-1-3-12(18)10(11)6-15(20)21-7-9-4-13(19)16-14(5-9)22-8-23-16/h1-5H,6-8H2. The highest BCUT2D eigenvalue weighted by Gasteiger charge is 2.19. The van der Waals surface area contributed by atoms with Crippen molar-refractivity contribution in [1.29, 1.82) is 0 Å². The van der Waals surface area contributed by atoms with Crippen LogP contribution in [0.5, 0.6) is 11.5 Å². The highest BCUT2D eigenvalue weighted by Crippen LogP contribution is 2.39. The quantitative estimate of drug-likeness (QED) is 0.731. The molecule has 0 amide bonds. The van der Waals surface area contributed by atoms with Gasteiger partial charge < -0.3 is 14.2 Å². The van der Waals surface area contributed by atoms with Crippen LogP contribution in [0, 0.1) is 0 Å². The minimum absolute atomic E-state index is 0.00318. The Kier molecular flexibility index (Phi) is 4.85. The van der Waals surface area contributed by atoms with Gasteiger partial charge in [0.2, 0.25) is 6.79 Å². The summed E-state index contributed by atoms with van der Waals surface area (Å²) >= 11 is 18.2. The summed E-state index contributed by atoms with van der Waals surface area (Å²) in [7, 11) is 0. The Morgan fingerprint density at radius 3 is 2.57 bits per heavy atom. The summed E-state index contributed by atoms with van der Waals surface area (Å²) in [6, 6.07) is 8.46. The molecule has 0 saturated heterocycles. The van der Waals surface area contributed by atoms with Crippen molar-refractivity contribution in [3.05, 3.63) is 56.5 Å². The van der Waals surface area contributed by atoms with Crippen LogP contribution in [0.3, 0.4) is 0 Å². The third kappa shape index (κ3) is 3.66. The lowest BCUT2D eigenvalue weighted by molar-refractivity contribution is -0.144. The summed E-state index contributed by atoms with van der Waals surface area (Å²) in [5.41, 5.74) is 1.25. The van der Waals surface area contributed by atoms with E-state index in [2.05, 4.69) is 0 Å². The second kappa shape index (κ2) is 6.87. The molecule has 0 N–H and O–H groups in total. The van der Waals surface area contributed by atoms with Gasteiger partial charge in [-0.05, 0) is 29.8 Å². The fourth-order valence-corrected chi connectivity index (χ4v) is 2.98. The molecule has 120 valence electrons. The molecule has 0 bridgehead atoms. The van der Waals surface area contributed by atoms with Crippen molar-refractivity contribution in [3.8, 4) is 11.5 Å². The van der Waals surface area contributed by atoms with E-state index in [4.69, 9.17) is 49.0 Å². The molecule has 1 aliphatic heterocycles. The zero-order chi connectivity index (χ0) is 16.4. The maximum absolute atomic E-state index is 12.0. The maximum atomic E-state index is 12.0. The van der Waals surface area contributed by atoms with Crippen molar-refractivity contribution < 1.29 is 19.0 Å². The van der Waals surface area contributed by atoms with Crippen LogP contribution in [0.2, 0.25) is 15.1 Å². The molecule has 4 nitrogen and oxygen atoms in total. The normalized spacial score (nSPS) is 12.3. The first kappa shape index (κ1) is 16.2. The number of benzene rings is 2. The lowest BCUT2D eigenvalue weighted by Crippen LogP contribution is -2.09. The molecule has 3 rings (SSSR count). The van der Waals surface area contributed by atoms with Gasteiger partial charge in [-0.1, -0.05) is 40.9 Å². The monoisotopic (exact) mass is 372 g/mol. The minimum atomic E-state index is -0.436. The van der Waals surface area contributed by atoms with Gasteiger partial charge in [-0.15, -0.1) is 0 Å². The lowest BCUT2D eigenvalue weighted by Gasteiger charge is -2.09. The van der Waals surface area contributed by atoms with E-state index in [1.165, 1.54) is 0 Å². The van der Waals surface area contributed by atoms with Crippen molar-refractivity contribution >= 4 is 40.8 Å². The van der Waals surface area contributed by atoms with E-state index < -0.39 is 5.97 Å². The second-order valence-corrected chi connectivity index (χ2v) is 6.07. The summed E-state index contributed by atoms with van der Waals surface area (Å²) in [6.07, 6.45) is -0.00318. The van der Waals surface area contributed by atoms with Crippen molar-refractivity contribution in [3.63, 3.8) is 0 Å². The molecular weight excluding hydrogens is 363 g/mol. The molecule has 2 aromatic rings. The molecule has 0 aliphatic carbocycles. The number of fused-ring (bicyclic) bond motifs is 1. The van der Waals surface area contributed by atoms with Gasteiger partial charge in [-0.2, -0.15) is 0 Å². The van der Waals surface area contributed by atoms with Gasteiger partial charge in [0, 0.05) is 15.6 Å². The topological polar surface area (TPSA) is 44.8 Å². The largest absolute Gasteiger partial charge is 0.461 e. The maximum Gasteiger partial charge on any atom is 0.310 e. The Labute approximate surface area is 147 Å². The fraction of sp³-hybridized carbons (Fsp3) is 0.188. The van der Waals surface area contributed by atoms with Crippen molar-refractivity contribution in [2.24, 2.45) is 0 Å². The van der Waals surface area contributed by atoms with E-state index in [1.54, 1.807) is 30.3 Å². The first-order chi connectivity index (χ1) is 11.0. The molecule has 1 heterocycles.